The van der Waals surface area contributed by atoms with Crippen LogP contribution in [-0.2, 0) is 14.2 Å². The molecule has 0 radical (unpaired) electrons. The van der Waals surface area contributed by atoms with Crippen LogP contribution in [0, 0.1) is 5.92 Å². The van der Waals surface area contributed by atoms with Crippen molar-refractivity contribution in [3.05, 3.63) is 30.3 Å². The van der Waals surface area contributed by atoms with Crippen LogP contribution in [0.25, 0.3) is 0 Å². The number of anilines is 1. The van der Waals surface area contributed by atoms with Gasteiger partial charge < -0.3 is 19.5 Å². The summed E-state index contributed by atoms with van der Waals surface area (Å²) in [5, 5.41) is 3.53. The van der Waals surface area contributed by atoms with Gasteiger partial charge in [-0.15, -0.1) is 0 Å². The molecule has 0 amide bonds. The van der Waals surface area contributed by atoms with Gasteiger partial charge in [0, 0.05) is 38.0 Å². The standard InChI is InChI=1S/C24H43NO3/c1-5-9-10-11-12-14-17-22(20-21-25-23-18-15-13-16-19-23)24(26-6-2,27-7-3)28-8-4/h13,15-16,18-19,22,25H,5-12,14,17,20-21H2,1-4H3. The van der Waals surface area contributed by atoms with Gasteiger partial charge in [0.05, 0.1) is 0 Å². The summed E-state index contributed by atoms with van der Waals surface area (Å²) in [6, 6.07) is 10.4. The van der Waals surface area contributed by atoms with Crippen molar-refractivity contribution < 1.29 is 14.2 Å². The monoisotopic (exact) mass is 393 g/mol. The van der Waals surface area contributed by atoms with Crippen LogP contribution >= 0.6 is 0 Å². The van der Waals surface area contributed by atoms with Gasteiger partial charge in [-0.2, -0.15) is 0 Å². The Balaban J connectivity index is 2.71. The van der Waals surface area contributed by atoms with E-state index < -0.39 is 5.97 Å². The topological polar surface area (TPSA) is 39.7 Å². The summed E-state index contributed by atoms with van der Waals surface area (Å²) in [5.41, 5.74) is 1.15. The van der Waals surface area contributed by atoms with Gasteiger partial charge in [-0.05, 0) is 45.7 Å². The van der Waals surface area contributed by atoms with Crippen molar-refractivity contribution in [2.24, 2.45) is 5.92 Å². The van der Waals surface area contributed by atoms with Gasteiger partial charge in [0.25, 0.3) is 5.97 Å². The van der Waals surface area contributed by atoms with Crippen LogP contribution in [0.3, 0.4) is 0 Å². The summed E-state index contributed by atoms with van der Waals surface area (Å²) in [7, 11) is 0. The number of benzene rings is 1. The van der Waals surface area contributed by atoms with E-state index in [0.717, 1.165) is 25.1 Å². The zero-order valence-electron chi connectivity index (χ0n) is 18.7. The maximum atomic E-state index is 6.10. The molecule has 0 fully saturated rings. The third-order valence-corrected chi connectivity index (χ3v) is 5.04. The van der Waals surface area contributed by atoms with Crippen molar-refractivity contribution >= 4 is 5.69 Å². The Morgan fingerprint density at radius 1 is 0.750 bits per heavy atom. The summed E-state index contributed by atoms with van der Waals surface area (Å²) >= 11 is 0. The molecule has 0 bridgehead atoms. The number of unbranched alkanes of at least 4 members (excludes halogenated alkanes) is 5. The number of para-hydroxylation sites is 1. The number of hydrogen-bond donors (Lipinski definition) is 1. The Hall–Kier alpha value is -1.10. The molecule has 28 heavy (non-hydrogen) atoms. The average molecular weight is 394 g/mol. The first-order valence-electron chi connectivity index (χ1n) is 11.4. The van der Waals surface area contributed by atoms with E-state index in [1.54, 1.807) is 0 Å². The Morgan fingerprint density at radius 2 is 1.32 bits per heavy atom. The normalized spacial score (nSPS) is 12.9. The lowest BCUT2D eigenvalue weighted by Gasteiger charge is -2.39. The SMILES string of the molecule is CCCCCCCCC(CCNc1ccccc1)C(OCC)(OCC)OCC. The summed E-state index contributed by atoms with van der Waals surface area (Å²) in [6.45, 7) is 10.9. The maximum absolute atomic E-state index is 6.10. The fourth-order valence-electron chi connectivity index (χ4n) is 3.70. The van der Waals surface area contributed by atoms with Crippen LogP contribution in [0.2, 0.25) is 0 Å². The molecule has 1 atom stereocenters. The van der Waals surface area contributed by atoms with Crippen molar-refractivity contribution in [2.45, 2.75) is 85.0 Å². The zero-order chi connectivity index (χ0) is 20.5. The first-order chi connectivity index (χ1) is 13.7. The quantitative estimate of drug-likeness (QED) is 0.225. The van der Waals surface area contributed by atoms with E-state index in [0.29, 0.717) is 19.8 Å². The van der Waals surface area contributed by atoms with Gasteiger partial charge in [-0.25, -0.2) is 0 Å². The molecular weight excluding hydrogens is 350 g/mol. The molecule has 4 nitrogen and oxygen atoms in total. The number of rotatable bonds is 18. The van der Waals surface area contributed by atoms with E-state index in [1.165, 1.54) is 38.5 Å². The first-order valence-corrected chi connectivity index (χ1v) is 11.4. The fraction of sp³-hybridized carbons (Fsp3) is 0.750. The van der Waals surface area contributed by atoms with E-state index in [-0.39, 0.29) is 5.92 Å². The predicted molar refractivity (Wildman–Crippen MR) is 119 cm³/mol. The minimum Gasteiger partial charge on any atom is -0.385 e. The predicted octanol–water partition coefficient (Wildman–Crippen LogP) is 6.62. The minimum absolute atomic E-state index is 0.203. The van der Waals surface area contributed by atoms with E-state index in [2.05, 4.69) is 36.5 Å². The highest BCUT2D eigenvalue weighted by atomic mass is 16.9. The van der Waals surface area contributed by atoms with E-state index >= 15 is 0 Å². The molecule has 1 aromatic carbocycles. The van der Waals surface area contributed by atoms with Crippen molar-refractivity contribution in [1.82, 2.24) is 0 Å². The fourth-order valence-corrected chi connectivity index (χ4v) is 3.70. The highest BCUT2D eigenvalue weighted by Gasteiger charge is 2.41. The molecule has 0 saturated heterocycles. The van der Waals surface area contributed by atoms with E-state index in [9.17, 15) is 0 Å². The minimum atomic E-state index is -0.931. The van der Waals surface area contributed by atoms with Crippen LogP contribution in [0.1, 0.15) is 79.1 Å². The lowest BCUT2D eigenvalue weighted by Crippen LogP contribution is -2.47. The van der Waals surface area contributed by atoms with Gasteiger partial charge in [0.2, 0.25) is 0 Å². The van der Waals surface area contributed by atoms with Crippen molar-refractivity contribution in [3.8, 4) is 0 Å². The molecule has 1 unspecified atom stereocenters. The highest BCUT2D eigenvalue weighted by molar-refractivity contribution is 5.42. The molecule has 0 aliphatic rings. The molecule has 0 aliphatic heterocycles. The summed E-state index contributed by atoms with van der Waals surface area (Å²) in [4.78, 5) is 0. The number of ether oxygens (including phenoxy) is 3. The lowest BCUT2D eigenvalue weighted by molar-refractivity contribution is -0.403. The Labute approximate surface area is 173 Å². The molecule has 162 valence electrons. The smallest absolute Gasteiger partial charge is 0.285 e. The number of hydrogen-bond acceptors (Lipinski definition) is 4. The van der Waals surface area contributed by atoms with Crippen LogP contribution in [0.4, 0.5) is 5.69 Å². The Kier molecular flexibility index (Phi) is 14.1. The molecule has 1 aromatic rings. The molecule has 0 spiro atoms. The number of nitrogens with one attached hydrogen (secondary N) is 1. The molecule has 1 rings (SSSR count). The summed E-state index contributed by atoms with van der Waals surface area (Å²) in [5.74, 6) is -0.727. The second-order valence-electron chi connectivity index (χ2n) is 7.24. The molecule has 1 N–H and O–H groups in total. The van der Waals surface area contributed by atoms with Crippen LogP contribution in [-0.4, -0.2) is 32.3 Å². The molecule has 0 aliphatic carbocycles. The molecule has 0 heterocycles. The Bertz CT molecular complexity index is 449. The van der Waals surface area contributed by atoms with Crippen molar-refractivity contribution in [3.63, 3.8) is 0 Å². The molecule has 0 aromatic heterocycles. The van der Waals surface area contributed by atoms with Crippen LogP contribution < -0.4 is 5.32 Å². The molecule has 4 heteroatoms. The van der Waals surface area contributed by atoms with Crippen molar-refractivity contribution in [2.75, 3.05) is 31.7 Å². The average Bonchev–Trinajstić information content (AvgIpc) is 2.70. The van der Waals surface area contributed by atoms with Gasteiger partial charge >= 0.3 is 0 Å². The maximum Gasteiger partial charge on any atom is 0.285 e. The highest BCUT2D eigenvalue weighted by Crippen LogP contribution is 2.33. The second kappa shape index (κ2) is 15.8. The molecule has 0 saturated carbocycles. The molecular formula is C24H43NO3. The van der Waals surface area contributed by atoms with Crippen LogP contribution in [0.5, 0.6) is 0 Å². The summed E-state index contributed by atoms with van der Waals surface area (Å²) < 4.78 is 18.3. The Morgan fingerprint density at radius 3 is 1.89 bits per heavy atom. The third-order valence-electron chi connectivity index (χ3n) is 5.04. The zero-order valence-corrected chi connectivity index (χ0v) is 18.7. The van der Waals surface area contributed by atoms with E-state index in [1.807, 2.05) is 26.8 Å². The van der Waals surface area contributed by atoms with Gasteiger partial charge in [-0.1, -0.05) is 63.6 Å². The third kappa shape index (κ3) is 9.40. The second-order valence-corrected chi connectivity index (χ2v) is 7.24. The van der Waals surface area contributed by atoms with Gasteiger partial charge in [0.1, 0.15) is 0 Å². The van der Waals surface area contributed by atoms with Gasteiger partial charge in [-0.3, -0.25) is 0 Å². The van der Waals surface area contributed by atoms with E-state index in [4.69, 9.17) is 14.2 Å². The van der Waals surface area contributed by atoms with Crippen LogP contribution in [0.15, 0.2) is 30.3 Å². The van der Waals surface area contributed by atoms with Gasteiger partial charge in [0.15, 0.2) is 0 Å². The first kappa shape index (κ1) is 24.9. The lowest BCUT2D eigenvalue weighted by atomic mass is 9.94. The largest absolute Gasteiger partial charge is 0.385 e. The summed E-state index contributed by atoms with van der Waals surface area (Å²) in [6.07, 6.45) is 9.74. The van der Waals surface area contributed by atoms with Crippen molar-refractivity contribution in [1.29, 1.82) is 0 Å².